The zero-order chi connectivity index (χ0) is 11.5. The molecule has 1 aromatic carbocycles. The summed E-state index contributed by atoms with van der Waals surface area (Å²) >= 11 is 0. The van der Waals surface area contributed by atoms with E-state index in [4.69, 9.17) is 5.11 Å². The minimum Gasteiger partial charge on any atom is -0.508 e. The summed E-state index contributed by atoms with van der Waals surface area (Å²) in [5.41, 5.74) is -0.152. The van der Waals surface area contributed by atoms with Crippen molar-refractivity contribution in [2.75, 3.05) is 10.5 Å². The average Bonchev–Trinajstić information content (AvgIpc) is 2.09. The minimum absolute atomic E-state index is 0.0622. The second-order valence-electron chi connectivity index (χ2n) is 3.09. The third-order valence-electron chi connectivity index (χ3n) is 1.69. The molecular weight excluding hydrogens is 221 g/mol. The SMILES string of the molecule is CCCS(=O)(=O)Nc1ccc(O)cc1F. The number of sulfonamides is 1. The maximum Gasteiger partial charge on any atom is 0.232 e. The normalized spacial score (nSPS) is 11.3. The summed E-state index contributed by atoms with van der Waals surface area (Å²) in [5.74, 6) is -1.10. The van der Waals surface area contributed by atoms with Gasteiger partial charge in [-0.25, -0.2) is 12.8 Å². The lowest BCUT2D eigenvalue weighted by Gasteiger charge is -2.07. The number of hydrogen-bond acceptors (Lipinski definition) is 3. The van der Waals surface area contributed by atoms with Crippen LogP contribution in [0.5, 0.6) is 5.75 Å². The van der Waals surface area contributed by atoms with Gasteiger partial charge in [-0.1, -0.05) is 6.92 Å². The zero-order valence-electron chi connectivity index (χ0n) is 8.20. The topological polar surface area (TPSA) is 66.4 Å². The Balaban J connectivity index is 2.90. The van der Waals surface area contributed by atoms with Crippen molar-refractivity contribution in [1.29, 1.82) is 0 Å². The van der Waals surface area contributed by atoms with Crippen molar-refractivity contribution in [3.05, 3.63) is 24.0 Å². The highest BCUT2D eigenvalue weighted by Gasteiger charge is 2.11. The van der Waals surface area contributed by atoms with Gasteiger partial charge in [0, 0.05) is 6.07 Å². The molecule has 4 nitrogen and oxygen atoms in total. The lowest BCUT2D eigenvalue weighted by atomic mass is 10.3. The van der Waals surface area contributed by atoms with Gasteiger partial charge < -0.3 is 5.11 Å². The number of benzene rings is 1. The molecule has 0 spiro atoms. The quantitative estimate of drug-likeness (QED) is 0.777. The number of halogens is 1. The lowest BCUT2D eigenvalue weighted by molar-refractivity contribution is 0.469. The number of hydrogen-bond donors (Lipinski definition) is 2. The van der Waals surface area contributed by atoms with Crippen molar-refractivity contribution in [2.45, 2.75) is 13.3 Å². The van der Waals surface area contributed by atoms with Gasteiger partial charge in [-0.2, -0.15) is 0 Å². The molecule has 0 aliphatic rings. The fourth-order valence-electron chi connectivity index (χ4n) is 1.07. The van der Waals surface area contributed by atoms with Gasteiger partial charge >= 0.3 is 0 Å². The van der Waals surface area contributed by atoms with Crippen molar-refractivity contribution < 1.29 is 17.9 Å². The first-order chi connectivity index (χ1) is 6.94. The fraction of sp³-hybridized carbons (Fsp3) is 0.333. The average molecular weight is 233 g/mol. The van der Waals surface area contributed by atoms with Gasteiger partial charge in [0.05, 0.1) is 11.4 Å². The largest absolute Gasteiger partial charge is 0.508 e. The molecule has 0 heterocycles. The summed E-state index contributed by atoms with van der Waals surface area (Å²) in [6.07, 6.45) is 0.453. The maximum atomic E-state index is 13.1. The van der Waals surface area contributed by atoms with Crippen molar-refractivity contribution in [1.82, 2.24) is 0 Å². The van der Waals surface area contributed by atoms with Gasteiger partial charge in [-0.15, -0.1) is 0 Å². The number of nitrogens with one attached hydrogen (secondary N) is 1. The van der Waals surface area contributed by atoms with Crippen molar-refractivity contribution in [3.8, 4) is 5.75 Å². The van der Waals surface area contributed by atoms with Crippen LogP contribution in [0.3, 0.4) is 0 Å². The van der Waals surface area contributed by atoms with E-state index in [1.165, 1.54) is 12.1 Å². The van der Waals surface area contributed by atoms with Crippen LogP contribution in [0.1, 0.15) is 13.3 Å². The first-order valence-corrected chi connectivity index (χ1v) is 6.09. The molecule has 0 saturated carbocycles. The molecule has 84 valence electrons. The standard InChI is InChI=1S/C9H12FNO3S/c1-2-5-15(13,14)11-9-4-3-7(12)6-8(9)10/h3-4,6,11-12H,2,5H2,1H3. The van der Waals surface area contributed by atoms with Crippen LogP contribution in [0.4, 0.5) is 10.1 Å². The second kappa shape index (κ2) is 4.48. The third kappa shape index (κ3) is 3.39. The molecule has 0 aliphatic heterocycles. The first kappa shape index (κ1) is 11.8. The van der Waals surface area contributed by atoms with Crippen LogP contribution in [0, 0.1) is 5.82 Å². The van der Waals surface area contributed by atoms with E-state index in [9.17, 15) is 12.8 Å². The number of aromatic hydroxyl groups is 1. The Kier molecular flexibility index (Phi) is 3.52. The molecule has 0 aliphatic carbocycles. The van der Waals surface area contributed by atoms with E-state index >= 15 is 0 Å². The molecule has 0 amide bonds. The van der Waals surface area contributed by atoms with Gasteiger partial charge in [0.1, 0.15) is 5.75 Å². The summed E-state index contributed by atoms with van der Waals surface area (Å²) in [7, 11) is -3.49. The Bertz CT molecular complexity index is 445. The van der Waals surface area contributed by atoms with Gasteiger partial charge in [-0.3, -0.25) is 4.72 Å². The monoisotopic (exact) mass is 233 g/mol. The molecule has 0 radical (unpaired) electrons. The molecule has 0 atom stereocenters. The van der Waals surface area contributed by atoms with Crippen LogP contribution < -0.4 is 4.72 Å². The Labute approximate surface area is 87.8 Å². The lowest BCUT2D eigenvalue weighted by Crippen LogP contribution is -2.16. The summed E-state index contributed by atoms with van der Waals surface area (Å²) in [6, 6.07) is 3.24. The molecule has 1 aromatic rings. The summed E-state index contributed by atoms with van der Waals surface area (Å²) in [4.78, 5) is 0. The molecule has 0 unspecified atom stereocenters. The van der Waals surface area contributed by atoms with E-state index in [0.717, 1.165) is 6.07 Å². The predicted octanol–water partition coefficient (Wildman–Crippen LogP) is 1.68. The highest BCUT2D eigenvalue weighted by molar-refractivity contribution is 7.92. The van der Waals surface area contributed by atoms with Gasteiger partial charge in [-0.05, 0) is 18.6 Å². The Hall–Kier alpha value is -1.30. The number of phenols is 1. The van der Waals surface area contributed by atoms with E-state index in [-0.39, 0.29) is 17.2 Å². The number of anilines is 1. The van der Waals surface area contributed by atoms with Crippen molar-refractivity contribution in [2.24, 2.45) is 0 Å². The molecule has 0 fully saturated rings. The van der Waals surface area contributed by atoms with E-state index in [2.05, 4.69) is 4.72 Å². The van der Waals surface area contributed by atoms with Crippen LogP contribution in [-0.2, 0) is 10.0 Å². The van der Waals surface area contributed by atoms with E-state index in [1.807, 2.05) is 0 Å². The van der Waals surface area contributed by atoms with Crippen LogP contribution in [0.25, 0.3) is 0 Å². The smallest absolute Gasteiger partial charge is 0.232 e. The summed E-state index contributed by atoms with van der Waals surface area (Å²) in [6.45, 7) is 1.71. The Morgan fingerprint density at radius 2 is 2.13 bits per heavy atom. The van der Waals surface area contributed by atoms with Crippen LogP contribution in [0.15, 0.2) is 18.2 Å². The van der Waals surface area contributed by atoms with Gasteiger partial charge in [0.25, 0.3) is 0 Å². The molecule has 1 rings (SSSR count). The molecular formula is C9H12FNO3S. The molecule has 6 heteroatoms. The van der Waals surface area contributed by atoms with Gasteiger partial charge in [0.2, 0.25) is 10.0 Å². The third-order valence-corrected chi connectivity index (χ3v) is 3.17. The van der Waals surface area contributed by atoms with Crippen molar-refractivity contribution >= 4 is 15.7 Å². The van der Waals surface area contributed by atoms with E-state index in [0.29, 0.717) is 6.42 Å². The minimum atomic E-state index is -3.49. The first-order valence-electron chi connectivity index (χ1n) is 4.43. The van der Waals surface area contributed by atoms with Crippen LogP contribution in [-0.4, -0.2) is 19.3 Å². The van der Waals surface area contributed by atoms with Crippen LogP contribution in [0.2, 0.25) is 0 Å². The van der Waals surface area contributed by atoms with Crippen molar-refractivity contribution in [3.63, 3.8) is 0 Å². The number of rotatable bonds is 4. The highest BCUT2D eigenvalue weighted by Crippen LogP contribution is 2.20. The molecule has 15 heavy (non-hydrogen) atoms. The van der Waals surface area contributed by atoms with E-state index < -0.39 is 15.8 Å². The molecule has 0 aromatic heterocycles. The molecule has 0 bridgehead atoms. The van der Waals surface area contributed by atoms with Crippen LogP contribution >= 0.6 is 0 Å². The second-order valence-corrected chi connectivity index (χ2v) is 4.93. The fourth-order valence-corrected chi connectivity index (χ4v) is 2.21. The summed E-state index contributed by atoms with van der Waals surface area (Å²) in [5, 5.41) is 8.92. The highest BCUT2D eigenvalue weighted by atomic mass is 32.2. The maximum absolute atomic E-state index is 13.1. The number of phenolic OH excluding ortho intramolecular Hbond substituents is 1. The van der Waals surface area contributed by atoms with Gasteiger partial charge in [0.15, 0.2) is 5.82 Å². The molecule has 0 saturated heterocycles. The predicted molar refractivity (Wildman–Crippen MR) is 55.8 cm³/mol. The molecule has 2 N–H and O–H groups in total. The summed E-state index contributed by atoms with van der Waals surface area (Å²) < 4.78 is 37.8. The Morgan fingerprint density at radius 3 is 2.67 bits per heavy atom. The zero-order valence-corrected chi connectivity index (χ0v) is 9.01. The van der Waals surface area contributed by atoms with E-state index in [1.54, 1.807) is 6.92 Å². The Morgan fingerprint density at radius 1 is 1.47 bits per heavy atom.